The van der Waals surface area contributed by atoms with Gasteiger partial charge in [-0.15, -0.1) is 5.54 Å². The van der Waals surface area contributed by atoms with E-state index in [4.69, 9.17) is 4.98 Å². The molecule has 2 aliphatic heterocycles. The van der Waals surface area contributed by atoms with Gasteiger partial charge in [0.25, 0.3) is 5.91 Å². The Kier molecular flexibility index (Phi) is 5.26. The quantitative estimate of drug-likeness (QED) is 0.334. The number of urea groups is 1. The summed E-state index contributed by atoms with van der Waals surface area (Å²) in [6, 6.07) is 15.0. The summed E-state index contributed by atoms with van der Waals surface area (Å²) in [5, 5.41) is 3.93. The third kappa shape index (κ3) is 4.14. The van der Waals surface area contributed by atoms with Crippen LogP contribution in [0, 0.1) is 11.5 Å². The molecular formula is C25H26N4O2SSi. The summed E-state index contributed by atoms with van der Waals surface area (Å²) in [7, 11) is -1.42. The summed E-state index contributed by atoms with van der Waals surface area (Å²) >= 11 is 1.66. The van der Waals surface area contributed by atoms with Crippen molar-refractivity contribution in [2.24, 2.45) is 0 Å². The molecule has 1 N–H and O–H groups in total. The third-order valence-electron chi connectivity index (χ3n) is 6.02. The van der Waals surface area contributed by atoms with Gasteiger partial charge in [0.1, 0.15) is 13.6 Å². The van der Waals surface area contributed by atoms with Crippen molar-refractivity contribution in [2.75, 3.05) is 22.9 Å². The van der Waals surface area contributed by atoms with Crippen LogP contribution in [-0.2, 0) is 4.79 Å². The Balaban J connectivity index is 1.32. The molecule has 168 valence electrons. The maximum atomic E-state index is 13.2. The van der Waals surface area contributed by atoms with Crippen LogP contribution < -0.4 is 15.1 Å². The summed E-state index contributed by atoms with van der Waals surface area (Å²) in [5.41, 5.74) is 5.19. The molecule has 0 unspecified atom stereocenters. The van der Waals surface area contributed by atoms with Gasteiger partial charge in [0.05, 0.1) is 15.9 Å². The van der Waals surface area contributed by atoms with Crippen LogP contribution in [0.4, 0.5) is 15.6 Å². The maximum absolute atomic E-state index is 13.2. The molecule has 8 heteroatoms. The molecule has 0 saturated carbocycles. The molecule has 0 atom stereocenters. The summed E-state index contributed by atoms with van der Waals surface area (Å²) in [6.07, 6.45) is 1.12. The first-order chi connectivity index (χ1) is 15.7. The van der Waals surface area contributed by atoms with E-state index >= 15 is 0 Å². The molecule has 2 aromatic carbocycles. The fourth-order valence-corrected chi connectivity index (χ4v) is 5.81. The SMILES string of the molecule is C[Si](C)(C)C#Cc1ccc2nc(N3CCC4(CC3)NC(=O)N(c3ccccc3)C4=O)sc2c1. The lowest BCUT2D eigenvalue weighted by Gasteiger charge is -2.37. The molecule has 3 heterocycles. The van der Waals surface area contributed by atoms with Crippen molar-refractivity contribution in [3.8, 4) is 11.5 Å². The van der Waals surface area contributed by atoms with E-state index in [0.717, 1.165) is 20.9 Å². The number of amides is 3. The van der Waals surface area contributed by atoms with E-state index in [9.17, 15) is 9.59 Å². The Labute approximate surface area is 198 Å². The van der Waals surface area contributed by atoms with Crippen LogP contribution in [0.3, 0.4) is 0 Å². The average Bonchev–Trinajstić information content (AvgIpc) is 3.31. The van der Waals surface area contributed by atoms with Gasteiger partial charge in [-0.05, 0) is 43.2 Å². The third-order valence-corrected chi connectivity index (χ3v) is 7.98. The van der Waals surface area contributed by atoms with Gasteiger partial charge in [0.2, 0.25) is 0 Å². The summed E-state index contributed by atoms with van der Waals surface area (Å²) in [4.78, 5) is 34.2. The van der Waals surface area contributed by atoms with Gasteiger partial charge < -0.3 is 10.2 Å². The highest BCUT2D eigenvalue weighted by molar-refractivity contribution is 7.22. The first kappa shape index (κ1) is 21.7. The van der Waals surface area contributed by atoms with E-state index in [1.807, 2.05) is 30.3 Å². The highest BCUT2D eigenvalue weighted by atomic mass is 32.1. The molecule has 3 aromatic rings. The van der Waals surface area contributed by atoms with Crippen LogP contribution in [0.5, 0.6) is 0 Å². The first-order valence-corrected chi connectivity index (χ1v) is 15.5. The van der Waals surface area contributed by atoms with E-state index in [0.29, 0.717) is 31.6 Å². The number of hydrogen-bond donors (Lipinski definition) is 1. The standard InChI is InChI=1S/C25H26N4O2SSi/c1-33(2,3)16-11-18-9-10-20-21(17-18)32-24(26-20)28-14-12-25(13-15-28)22(30)29(23(31)27-25)19-7-5-4-6-8-19/h4-10,17H,12-15H2,1-3H3,(H,27,31). The number of piperidine rings is 1. The van der Waals surface area contributed by atoms with E-state index in [1.54, 1.807) is 23.5 Å². The molecule has 1 aromatic heterocycles. The van der Waals surface area contributed by atoms with Gasteiger partial charge in [0.15, 0.2) is 5.13 Å². The number of anilines is 2. The number of nitrogens with zero attached hydrogens (tertiary/aromatic N) is 3. The van der Waals surface area contributed by atoms with E-state index in [2.05, 4.69) is 47.4 Å². The van der Waals surface area contributed by atoms with Crippen LogP contribution in [-0.4, -0.2) is 43.6 Å². The molecule has 2 aliphatic rings. The van der Waals surface area contributed by atoms with Crippen LogP contribution in [0.2, 0.25) is 19.6 Å². The second kappa shape index (κ2) is 8.01. The summed E-state index contributed by atoms with van der Waals surface area (Å²) in [6.45, 7) is 8.04. The monoisotopic (exact) mass is 474 g/mol. The molecule has 1 spiro atoms. The summed E-state index contributed by atoms with van der Waals surface area (Å²) in [5.74, 6) is 3.16. The molecule has 0 bridgehead atoms. The zero-order chi connectivity index (χ0) is 23.2. The lowest BCUT2D eigenvalue weighted by atomic mass is 9.87. The Morgan fingerprint density at radius 2 is 1.79 bits per heavy atom. The van der Waals surface area contributed by atoms with Crippen LogP contribution in [0.15, 0.2) is 48.5 Å². The number of fused-ring (bicyclic) bond motifs is 1. The Morgan fingerprint density at radius 1 is 1.06 bits per heavy atom. The molecule has 0 aliphatic carbocycles. The van der Waals surface area contributed by atoms with Gasteiger partial charge in [0, 0.05) is 18.7 Å². The molecule has 2 saturated heterocycles. The molecule has 5 rings (SSSR count). The number of aromatic nitrogens is 1. The first-order valence-electron chi connectivity index (χ1n) is 11.1. The second-order valence-corrected chi connectivity index (χ2v) is 15.4. The Bertz CT molecular complexity index is 1290. The fraction of sp³-hybridized carbons (Fsp3) is 0.320. The Hall–Kier alpha value is -3.15. The van der Waals surface area contributed by atoms with Crippen molar-refractivity contribution in [2.45, 2.75) is 38.0 Å². The minimum Gasteiger partial charge on any atom is -0.348 e. The molecule has 33 heavy (non-hydrogen) atoms. The molecule has 3 amide bonds. The highest BCUT2D eigenvalue weighted by Gasteiger charge is 2.53. The van der Waals surface area contributed by atoms with Crippen molar-refractivity contribution >= 4 is 52.4 Å². The predicted molar refractivity (Wildman–Crippen MR) is 136 cm³/mol. The fourth-order valence-electron chi connectivity index (χ4n) is 4.24. The molecule has 6 nitrogen and oxygen atoms in total. The number of para-hydroxylation sites is 1. The minimum absolute atomic E-state index is 0.159. The number of rotatable bonds is 2. The number of carbonyl (C=O) groups is 2. The number of nitrogens with one attached hydrogen (secondary N) is 1. The van der Waals surface area contributed by atoms with Crippen LogP contribution in [0.25, 0.3) is 10.2 Å². The minimum atomic E-state index is -1.42. The van der Waals surface area contributed by atoms with Crippen LogP contribution in [0.1, 0.15) is 18.4 Å². The van der Waals surface area contributed by atoms with Gasteiger partial charge in [-0.3, -0.25) is 4.79 Å². The Morgan fingerprint density at radius 3 is 2.48 bits per heavy atom. The second-order valence-electron chi connectivity index (χ2n) is 9.65. The van der Waals surface area contributed by atoms with Crippen molar-refractivity contribution in [1.82, 2.24) is 10.3 Å². The predicted octanol–water partition coefficient (Wildman–Crippen LogP) is 4.62. The lowest BCUT2D eigenvalue weighted by molar-refractivity contribution is -0.122. The van der Waals surface area contributed by atoms with Gasteiger partial charge in [-0.1, -0.05) is 55.1 Å². The van der Waals surface area contributed by atoms with Gasteiger partial charge in [-0.25, -0.2) is 14.7 Å². The normalized spacial score (nSPS) is 17.9. The number of benzene rings is 2. The van der Waals surface area contributed by atoms with Gasteiger partial charge in [-0.2, -0.15) is 0 Å². The van der Waals surface area contributed by atoms with Crippen molar-refractivity contribution in [3.63, 3.8) is 0 Å². The highest BCUT2D eigenvalue weighted by Crippen LogP contribution is 2.36. The smallest absolute Gasteiger partial charge is 0.329 e. The van der Waals surface area contributed by atoms with E-state index in [-0.39, 0.29) is 11.9 Å². The van der Waals surface area contributed by atoms with Crippen molar-refractivity contribution in [3.05, 3.63) is 54.1 Å². The number of carbonyl (C=O) groups excluding carboxylic acids is 2. The maximum Gasteiger partial charge on any atom is 0.329 e. The molecule has 2 fully saturated rings. The van der Waals surface area contributed by atoms with Crippen LogP contribution >= 0.6 is 11.3 Å². The van der Waals surface area contributed by atoms with E-state index in [1.165, 1.54) is 4.90 Å². The van der Waals surface area contributed by atoms with Crippen molar-refractivity contribution in [1.29, 1.82) is 0 Å². The number of thiazole rings is 1. The number of imide groups is 1. The lowest BCUT2D eigenvalue weighted by Crippen LogP contribution is -2.55. The molecular weight excluding hydrogens is 448 g/mol. The zero-order valence-corrected chi connectivity index (χ0v) is 20.8. The molecule has 0 radical (unpaired) electrons. The largest absolute Gasteiger partial charge is 0.348 e. The number of hydrogen-bond acceptors (Lipinski definition) is 5. The zero-order valence-electron chi connectivity index (χ0n) is 19.0. The van der Waals surface area contributed by atoms with E-state index < -0.39 is 13.6 Å². The topological polar surface area (TPSA) is 65.5 Å². The average molecular weight is 475 g/mol. The van der Waals surface area contributed by atoms with Gasteiger partial charge >= 0.3 is 6.03 Å². The summed E-state index contributed by atoms with van der Waals surface area (Å²) < 4.78 is 1.12. The van der Waals surface area contributed by atoms with Crippen molar-refractivity contribution < 1.29 is 9.59 Å².